The van der Waals surface area contributed by atoms with Crippen molar-refractivity contribution in [2.75, 3.05) is 38.3 Å². The van der Waals surface area contributed by atoms with Gasteiger partial charge in [0.25, 0.3) is 5.91 Å². The summed E-state index contributed by atoms with van der Waals surface area (Å²) in [5.41, 5.74) is 1.72. The van der Waals surface area contributed by atoms with Crippen LogP contribution in [-0.4, -0.2) is 44.9 Å². The summed E-state index contributed by atoms with van der Waals surface area (Å²) in [7, 11) is 0. The Kier molecular flexibility index (Phi) is 6.49. The third-order valence-electron chi connectivity index (χ3n) is 4.86. The Labute approximate surface area is 144 Å². The molecule has 0 bridgehead atoms. The van der Waals surface area contributed by atoms with E-state index in [0.717, 1.165) is 57.4 Å². The Morgan fingerprint density at radius 3 is 2.54 bits per heavy atom. The monoisotopic (exact) mass is 332 g/mol. The van der Waals surface area contributed by atoms with E-state index in [2.05, 4.69) is 10.6 Å². The molecule has 0 unspecified atom stereocenters. The van der Waals surface area contributed by atoms with E-state index >= 15 is 0 Å². The number of amides is 1. The summed E-state index contributed by atoms with van der Waals surface area (Å²) in [5.74, 6) is 0.788. The maximum absolute atomic E-state index is 12.2. The molecule has 5 heteroatoms. The maximum Gasteiger partial charge on any atom is 0.251 e. The second kappa shape index (κ2) is 9.04. The van der Waals surface area contributed by atoms with E-state index in [0.29, 0.717) is 5.56 Å². The van der Waals surface area contributed by atoms with Gasteiger partial charge in [-0.05, 0) is 55.9 Å². The van der Waals surface area contributed by atoms with E-state index in [1.807, 2.05) is 24.3 Å². The first kappa shape index (κ1) is 17.2. The van der Waals surface area contributed by atoms with Crippen LogP contribution in [0.2, 0.25) is 0 Å². The third kappa shape index (κ3) is 5.21. The van der Waals surface area contributed by atoms with Crippen molar-refractivity contribution in [2.24, 2.45) is 5.92 Å². The highest BCUT2D eigenvalue weighted by molar-refractivity contribution is 5.94. The van der Waals surface area contributed by atoms with Gasteiger partial charge in [-0.2, -0.15) is 0 Å². The Bertz CT molecular complexity index is 508. The molecule has 2 fully saturated rings. The molecular formula is C19H28N2O3. The summed E-state index contributed by atoms with van der Waals surface area (Å²) in [6.07, 6.45) is 5.80. The van der Waals surface area contributed by atoms with Crippen LogP contribution in [0, 0.1) is 5.92 Å². The fourth-order valence-electron chi connectivity index (χ4n) is 3.03. The van der Waals surface area contributed by atoms with Crippen molar-refractivity contribution in [3.63, 3.8) is 0 Å². The van der Waals surface area contributed by atoms with Crippen LogP contribution in [0.25, 0.3) is 0 Å². The van der Waals surface area contributed by atoms with Crippen LogP contribution >= 0.6 is 0 Å². The third-order valence-corrected chi connectivity index (χ3v) is 4.86. The molecule has 1 saturated carbocycles. The fourth-order valence-corrected chi connectivity index (χ4v) is 3.03. The van der Waals surface area contributed by atoms with Gasteiger partial charge in [-0.15, -0.1) is 0 Å². The number of rotatable bonds is 8. The van der Waals surface area contributed by atoms with Crippen LogP contribution in [-0.2, 0) is 9.47 Å². The van der Waals surface area contributed by atoms with Crippen molar-refractivity contribution in [2.45, 2.75) is 38.1 Å². The molecule has 1 heterocycles. The molecule has 1 saturated heterocycles. The zero-order valence-electron chi connectivity index (χ0n) is 14.3. The van der Waals surface area contributed by atoms with Crippen molar-refractivity contribution < 1.29 is 14.3 Å². The van der Waals surface area contributed by atoms with Crippen LogP contribution in [0.15, 0.2) is 24.3 Å². The topological polar surface area (TPSA) is 59.6 Å². The van der Waals surface area contributed by atoms with Gasteiger partial charge in [-0.1, -0.05) is 6.42 Å². The molecule has 1 aromatic rings. The van der Waals surface area contributed by atoms with Crippen LogP contribution in [0.4, 0.5) is 5.69 Å². The zero-order valence-corrected chi connectivity index (χ0v) is 14.3. The summed E-state index contributed by atoms with van der Waals surface area (Å²) in [4.78, 5) is 12.2. The minimum atomic E-state index is -0.00252. The molecule has 2 N–H and O–H groups in total. The highest BCUT2D eigenvalue weighted by Gasteiger charge is 2.17. The molecule has 1 aliphatic carbocycles. The second-order valence-electron chi connectivity index (χ2n) is 6.74. The predicted octanol–water partition coefficient (Wildman–Crippen LogP) is 2.82. The predicted molar refractivity (Wildman–Crippen MR) is 94.4 cm³/mol. The normalized spacial score (nSPS) is 18.8. The van der Waals surface area contributed by atoms with Gasteiger partial charge in [0.1, 0.15) is 0 Å². The Hall–Kier alpha value is -1.59. The van der Waals surface area contributed by atoms with Crippen molar-refractivity contribution in [1.29, 1.82) is 0 Å². The van der Waals surface area contributed by atoms with Crippen molar-refractivity contribution >= 4 is 11.6 Å². The van der Waals surface area contributed by atoms with Gasteiger partial charge in [0.2, 0.25) is 0 Å². The van der Waals surface area contributed by atoms with E-state index in [1.54, 1.807) is 0 Å². The van der Waals surface area contributed by atoms with Gasteiger partial charge in [0.05, 0.1) is 6.61 Å². The molecule has 0 atom stereocenters. The molecule has 132 valence electrons. The minimum absolute atomic E-state index is 0.00252. The number of nitrogens with one attached hydrogen (secondary N) is 2. The molecular weight excluding hydrogens is 304 g/mol. The lowest BCUT2D eigenvalue weighted by atomic mass is 9.86. The number of anilines is 1. The molecule has 2 aliphatic rings. The summed E-state index contributed by atoms with van der Waals surface area (Å²) in [5, 5.41) is 6.41. The first-order chi connectivity index (χ1) is 11.8. The smallest absolute Gasteiger partial charge is 0.251 e. The first-order valence-electron chi connectivity index (χ1n) is 9.11. The standard InChI is InChI=1S/C19H28N2O3/c22-19(21-18-8-11-23-12-9-18)16-4-6-17(7-5-16)20-10-13-24-14-15-2-1-3-15/h4-7,15,18,20H,1-3,8-14H2,(H,21,22). The van der Waals surface area contributed by atoms with E-state index in [4.69, 9.17) is 9.47 Å². The highest BCUT2D eigenvalue weighted by Crippen LogP contribution is 2.26. The number of hydrogen-bond acceptors (Lipinski definition) is 4. The largest absolute Gasteiger partial charge is 0.383 e. The maximum atomic E-state index is 12.2. The Balaban J connectivity index is 1.35. The number of hydrogen-bond donors (Lipinski definition) is 2. The number of carbonyl (C=O) groups is 1. The van der Waals surface area contributed by atoms with Gasteiger partial charge in [-0.25, -0.2) is 0 Å². The zero-order chi connectivity index (χ0) is 16.6. The van der Waals surface area contributed by atoms with Crippen LogP contribution < -0.4 is 10.6 Å². The molecule has 24 heavy (non-hydrogen) atoms. The Morgan fingerprint density at radius 1 is 1.12 bits per heavy atom. The quantitative estimate of drug-likeness (QED) is 0.719. The summed E-state index contributed by atoms with van der Waals surface area (Å²) < 4.78 is 11.0. The molecule has 1 aromatic carbocycles. The average molecular weight is 332 g/mol. The van der Waals surface area contributed by atoms with Crippen LogP contribution in [0.5, 0.6) is 0 Å². The number of carbonyl (C=O) groups excluding carboxylic acids is 1. The SMILES string of the molecule is O=C(NC1CCOCC1)c1ccc(NCCOCC2CCC2)cc1. The van der Waals surface area contributed by atoms with Gasteiger partial charge >= 0.3 is 0 Å². The molecule has 0 radical (unpaired) electrons. The Morgan fingerprint density at radius 2 is 1.88 bits per heavy atom. The second-order valence-corrected chi connectivity index (χ2v) is 6.74. The minimum Gasteiger partial charge on any atom is -0.383 e. The van der Waals surface area contributed by atoms with E-state index in [9.17, 15) is 4.79 Å². The molecule has 3 rings (SSSR count). The van der Waals surface area contributed by atoms with Crippen molar-refractivity contribution in [1.82, 2.24) is 5.32 Å². The van der Waals surface area contributed by atoms with E-state index < -0.39 is 0 Å². The molecule has 0 aromatic heterocycles. The lowest BCUT2D eigenvalue weighted by molar-refractivity contribution is 0.0696. The first-order valence-corrected chi connectivity index (χ1v) is 9.11. The average Bonchev–Trinajstić information content (AvgIpc) is 2.58. The number of ether oxygens (including phenoxy) is 2. The van der Waals surface area contributed by atoms with Gasteiger partial charge in [-0.3, -0.25) is 4.79 Å². The molecule has 0 spiro atoms. The van der Waals surface area contributed by atoms with Gasteiger partial charge in [0, 0.05) is 43.7 Å². The van der Waals surface area contributed by atoms with Gasteiger partial charge in [0.15, 0.2) is 0 Å². The highest BCUT2D eigenvalue weighted by atomic mass is 16.5. The molecule has 1 amide bonds. The fraction of sp³-hybridized carbons (Fsp3) is 0.632. The lowest BCUT2D eigenvalue weighted by Gasteiger charge is -2.24. The molecule has 5 nitrogen and oxygen atoms in total. The van der Waals surface area contributed by atoms with E-state index in [1.165, 1.54) is 19.3 Å². The van der Waals surface area contributed by atoms with E-state index in [-0.39, 0.29) is 11.9 Å². The van der Waals surface area contributed by atoms with Crippen molar-refractivity contribution in [3.8, 4) is 0 Å². The van der Waals surface area contributed by atoms with Crippen LogP contribution in [0.3, 0.4) is 0 Å². The van der Waals surface area contributed by atoms with Crippen LogP contribution in [0.1, 0.15) is 42.5 Å². The number of benzene rings is 1. The molecule has 1 aliphatic heterocycles. The lowest BCUT2D eigenvalue weighted by Crippen LogP contribution is -2.38. The summed E-state index contributed by atoms with van der Waals surface area (Å²) in [6, 6.07) is 7.87. The summed E-state index contributed by atoms with van der Waals surface area (Å²) in [6.45, 7) is 3.88. The van der Waals surface area contributed by atoms with Crippen molar-refractivity contribution in [3.05, 3.63) is 29.8 Å². The van der Waals surface area contributed by atoms with Gasteiger partial charge < -0.3 is 20.1 Å². The summed E-state index contributed by atoms with van der Waals surface area (Å²) >= 11 is 0.